The van der Waals surface area contributed by atoms with Gasteiger partial charge >= 0.3 is 0 Å². The maximum absolute atomic E-state index is 4.10. The van der Waals surface area contributed by atoms with Crippen molar-refractivity contribution in [3.8, 4) is 0 Å². The van der Waals surface area contributed by atoms with Gasteiger partial charge in [0.1, 0.15) is 0 Å². The van der Waals surface area contributed by atoms with Crippen molar-refractivity contribution < 1.29 is 0 Å². The Morgan fingerprint density at radius 2 is 1.82 bits per heavy atom. The quantitative estimate of drug-likeness (QED) is 0.511. The first-order valence-corrected chi connectivity index (χ1v) is 4.77. The van der Waals surface area contributed by atoms with E-state index < -0.39 is 0 Å². The summed E-state index contributed by atoms with van der Waals surface area (Å²) in [5, 5.41) is 0. The normalized spacial score (nSPS) is 29.9. The molecule has 0 aromatic heterocycles. The van der Waals surface area contributed by atoms with Gasteiger partial charge in [0.2, 0.25) is 0 Å². The van der Waals surface area contributed by atoms with Crippen LogP contribution in [0, 0.1) is 11.3 Å². The van der Waals surface area contributed by atoms with Gasteiger partial charge in [-0.3, -0.25) is 0 Å². The molecule has 0 saturated heterocycles. The lowest BCUT2D eigenvalue weighted by molar-refractivity contribution is 0.305. The van der Waals surface area contributed by atoms with E-state index in [1.807, 2.05) is 7.05 Å². The molecule has 0 aromatic carbocycles. The highest BCUT2D eigenvalue weighted by molar-refractivity contribution is 5.60. The van der Waals surface area contributed by atoms with Crippen molar-refractivity contribution in [3.05, 3.63) is 0 Å². The van der Waals surface area contributed by atoms with Crippen LogP contribution < -0.4 is 0 Å². The van der Waals surface area contributed by atoms with Crippen LogP contribution >= 0.6 is 0 Å². The van der Waals surface area contributed by atoms with Crippen molar-refractivity contribution in [2.24, 2.45) is 16.3 Å². The molecule has 1 spiro atoms. The summed E-state index contributed by atoms with van der Waals surface area (Å²) in [6, 6.07) is 0. The predicted octanol–water partition coefficient (Wildman–Crippen LogP) is 2.66. The molecular formula is C10H17N. The van der Waals surface area contributed by atoms with Crippen LogP contribution in [0.15, 0.2) is 4.99 Å². The lowest BCUT2D eigenvalue weighted by atomic mass is 9.80. The first kappa shape index (κ1) is 7.33. The van der Waals surface area contributed by atoms with Gasteiger partial charge in [-0.1, -0.05) is 0 Å². The van der Waals surface area contributed by atoms with Crippen molar-refractivity contribution in [3.63, 3.8) is 0 Å². The van der Waals surface area contributed by atoms with Gasteiger partial charge in [-0.25, -0.2) is 0 Å². The number of nitrogens with zero attached hydrogens (tertiary/aromatic N) is 1. The summed E-state index contributed by atoms with van der Waals surface area (Å²) in [4.78, 5) is 4.10. The topological polar surface area (TPSA) is 12.4 Å². The Morgan fingerprint density at radius 3 is 2.27 bits per heavy atom. The van der Waals surface area contributed by atoms with E-state index in [1.165, 1.54) is 38.5 Å². The van der Waals surface area contributed by atoms with Crippen molar-refractivity contribution in [2.45, 2.75) is 38.5 Å². The summed E-state index contributed by atoms with van der Waals surface area (Å²) in [5.41, 5.74) is 0.845. The fraction of sp³-hybridized carbons (Fsp3) is 0.900. The molecule has 2 fully saturated rings. The Morgan fingerprint density at radius 1 is 1.18 bits per heavy atom. The van der Waals surface area contributed by atoms with E-state index in [-0.39, 0.29) is 0 Å². The van der Waals surface area contributed by atoms with E-state index in [2.05, 4.69) is 11.2 Å². The van der Waals surface area contributed by atoms with Gasteiger partial charge in [0, 0.05) is 13.3 Å². The Hall–Kier alpha value is -0.330. The van der Waals surface area contributed by atoms with Crippen LogP contribution in [0.1, 0.15) is 38.5 Å². The van der Waals surface area contributed by atoms with Crippen molar-refractivity contribution in [2.75, 3.05) is 7.05 Å². The van der Waals surface area contributed by atoms with Crippen LogP contribution in [0.4, 0.5) is 0 Å². The average Bonchev–Trinajstić information content (AvgIpc) is 2.76. The van der Waals surface area contributed by atoms with Gasteiger partial charge in [0.15, 0.2) is 0 Å². The molecule has 2 saturated carbocycles. The third kappa shape index (κ3) is 1.47. The summed E-state index contributed by atoms with van der Waals surface area (Å²) < 4.78 is 0. The van der Waals surface area contributed by atoms with Gasteiger partial charge in [-0.05, 0) is 49.9 Å². The second-order valence-electron chi connectivity index (χ2n) is 4.24. The van der Waals surface area contributed by atoms with E-state index in [0.717, 1.165) is 11.3 Å². The van der Waals surface area contributed by atoms with Crippen LogP contribution in [0.3, 0.4) is 0 Å². The molecule has 0 radical (unpaired) electrons. The minimum absolute atomic E-state index is 0.811. The number of hydrogen-bond acceptors (Lipinski definition) is 1. The third-order valence-electron chi connectivity index (χ3n) is 3.41. The molecule has 0 unspecified atom stereocenters. The second kappa shape index (κ2) is 2.62. The van der Waals surface area contributed by atoms with Crippen LogP contribution in [-0.2, 0) is 0 Å². The molecule has 1 heteroatoms. The van der Waals surface area contributed by atoms with E-state index >= 15 is 0 Å². The monoisotopic (exact) mass is 151 g/mol. The van der Waals surface area contributed by atoms with E-state index in [9.17, 15) is 0 Å². The van der Waals surface area contributed by atoms with E-state index in [0.29, 0.717) is 0 Å². The van der Waals surface area contributed by atoms with Gasteiger partial charge in [-0.2, -0.15) is 0 Å². The lowest BCUT2D eigenvalue weighted by Crippen LogP contribution is -2.15. The molecule has 0 bridgehead atoms. The summed E-state index contributed by atoms with van der Waals surface area (Å²) in [5.74, 6) is 0.811. The first-order valence-electron chi connectivity index (χ1n) is 4.77. The first-order chi connectivity index (χ1) is 5.35. The smallest absolute Gasteiger partial charge is 0.0273 e. The van der Waals surface area contributed by atoms with Gasteiger partial charge in [-0.15, -0.1) is 0 Å². The fourth-order valence-corrected chi connectivity index (χ4v) is 2.29. The molecule has 11 heavy (non-hydrogen) atoms. The highest BCUT2D eigenvalue weighted by Crippen LogP contribution is 2.56. The molecule has 1 nitrogen and oxygen atoms in total. The zero-order chi connectivity index (χ0) is 7.73. The lowest BCUT2D eigenvalue weighted by Gasteiger charge is -2.25. The van der Waals surface area contributed by atoms with Gasteiger partial charge < -0.3 is 4.99 Å². The standard InChI is InChI=1S/C10H17N/c1-11-8-9-2-4-10(5-3-9)6-7-10/h8-9H,2-7H2,1H3/b11-8-. The van der Waals surface area contributed by atoms with Crippen molar-refractivity contribution in [1.29, 1.82) is 0 Å². The Bertz CT molecular complexity index is 158. The Kier molecular flexibility index (Phi) is 1.74. The van der Waals surface area contributed by atoms with Crippen LogP contribution in [0.5, 0.6) is 0 Å². The highest BCUT2D eigenvalue weighted by atomic mass is 14.6. The van der Waals surface area contributed by atoms with Crippen LogP contribution in [-0.4, -0.2) is 13.3 Å². The van der Waals surface area contributed by atoms with Crippen molar-refractivity contribution >= 4 is 6.21 Å². The molecule has 0 heterocycles. The maximum Gasteiger partial charge on any atom is 0.0273 e. The molecule has 2 aliphatic carbocycles. The molecule has 2 aliphatic rings. The minimum Gasteiger partial charge on any atom is -0.301 e. The largest absolute Gasteiger partial charge is 0.301 e. The molecule has 0 amide bonds. The maximum atomic E-state index is 4.10. The highest BCUT2D eigenvalue weighted by Gasteiger charge is 2.44. The SMILES string of the molecule is C/N=C\C1CCC2(CC1)CC2. The summed E-state index contributed by atoms with van der Waals surface area (Å²) in [7, 11) is 1.89. The van der Waals surface area contributed by atoms with E-state index in [1.54, 1.807) is 0 Å². The zero-order valence-electron chi connectivity index (χ0n) is 7.34. The molecule has 62 valence electrons. The number of aliphatic imine (C=N–C) groups is 1. The molecule has 0 aliphatic heterocycles. The molecule has 2 rings (SSSR count). The van der Waals surface area contributed by atoms with Crippen LogP contribution in [0.2, 0.25) is 0 Å². The van der Waals surface area contributed by atoms with E-state index in [4.69, 9.17) is 0 Å². The second-order valence-corrected chi connectivity index (χ2v) is 4.24. The fourth-order valence-electron chi connectivity index (χ4n) is 2.29. The van der Waals surface area contributed by atoms with Gasteiger partial charge in [0.05, 0.1) is 0 Å². The van der Waals surface area contributed by atoms with Crippen molar-refractivity contribution in [1.82, 2.24) is 0 Å². The summed E-state index contributed by atoms with van der Waals surface area (Å²) in [6.45, 7) is 0. The third-order valence-corrected chi connectivity index (χ3v) is 3.41. The average molecular weight is 151 g/mol. The summed E-state index contributed by atoms with van der Waals surface area (Å²) >= 11 is 0. The molecule has 0 N–H and O–H groups in total. The van der Waals surface area contributed by atoms with Gasteiger partial charge in [0.25, 0.3) is 0 Å². The number of rotatable bonds is 1. The number of hydrogen-bond donors (Lipinski definition) is 0. The van der Waals surface area contributed by atoms with Crippen LogP contribution in [0.25, 0.3) is 0 Å². The molecule has 0 aromatic rings. The minimum atomic E-state index is 0.811. The zero-order valence-corrected chi connectivity index (χ0v) is 7.34. The molecule has 0 atom stereocenters. The predicted molar refractivity (Wildman–Crippen MR) is 48.0 cm³/mol. The summed E-state index contributed by atoms with van der Waals surface area (Å²) in [6.07, 6.45) is 10.9. The Labute approximate surface area is 68.9 Å². The molecular weight excluding hydrogens is 134 g/mol. The Balaban J connectivity index is 1.84.